The number of aromatic nitrogens is 3. The van der Waals surface area contributed by atoms with Gasteiger partial charge in [0.2, 0.25) is 11.7 Å². The van der Waals surface area contributed by atoms with Gasteiger partial charge in [-0.05, 0) is 31.4 Å². The van der Waals surface area contributed by atoms with Crippen LogP contribution in [-0.2, 0) is 16.1 Å². The fourth-order valence-corrected chi connectivity index (χ4v) is 2.95. The second-order valence-electron chi connectivity index (χ2n) is 6.09. The van der Waals surface area contributed by atoms with E-state index in [0.717, 1.165) is 12.8 Å². The molecule has 0 bridgehead atoms. The van der Waals surface area contributed by atoms with Crippen LogP contribution >= 0.6 is 0 Å². The van der Waals surface area contributed by atoms with E-state index in [4.69, 9.17) is 9.15 Å². The number of H-pyrrole nitrogens is 1. The summed E-state index contributed by atoms with van der Waals surface area (Å²) in [6.45, 7) is 2.26. The number of rotatable bonds is 7. The van der Waals surface area contributed by atoms with Crippen LogP contribution in [0, 0.1) is 0 Å². The lowest BCUT2D eigenvalue weighted by Crippen LogP contribution is -2.38. The van der Waals surface area contributed by atoms with Crippen LogP contribution in [0.15, 0.2) is 22.8 Å². The zero-order chi connectivity index (χ0) is 16.8. The van der Waals surface area contributed by atoms with E-state index in [1.807, 2.05) is 6.92 Å². The molecule has 24 heavy (non-hydrogen) atoms. The molecule has 1 fully saturated rings. The number of aromatic amines is 1. The monoisotopic (exact) mass is 332 g/mol. The van der Waals surface area contributed by atoms with Crippen molar-refractivity contribution in [3.05, 3.63) is 24.2 Å². The summed E-state index contributed by atoms with van der Waals surface area (Å²) in [4.78, 5) is 16.6. The smallest absolute Gasteiger partial charge is 0.249 e. The fraction of sp³-hybridized carbons (Fsp3) is 0.588. The maximum absolute atomic E-state index is 12.3. The average Bonchev–Trinajstić information content (AvgIpc) is 3.29. The lowest BCUT2D eigenvalue weighted by Gasteiger charge is -2.26. The van der Waals surface area contributed by atoms with Gasteiger partial charge in [-0.2, -0.15) is 0 Å². The van der Waals surface area contributed by atoms with Crippen molar-refractivity contribution in [2.75, 3.05) is 0 Å². The van der Waals surface area contributed by atoms with Crippen molar-refractivity contribution in [3.63, 3.8) is 0 Å². The summed E-state index contributed by atoms with van der Waals surface area (Å²) in [5, 5.41) is 9.76. The Morgan fingerprint density at radius 2 is 2.29 bits per heavy atom. The minimum absolute atomic E-state index is 0.0981. The molecule has 2 N–H and O–H groups in total. The molecule has 0 radical (unpaired) electrons. The molecule has 1 atom stereocenters. The maximum Gasteiger partial charge on any atom is 0.249 e. The second-order valence-corrected chi connectivity index (χ2v) is 6.09. The van der Waals surface area contributed by atoms with Gasteiger partial charge in [0.25, 0.3) is 0 Å². The third-order valence-corrected chi connectivity index (χ3v) is 4.28. The normalized spacial score (nSPS) is 16.9. The zero-order valence-electron chi connectivity index (χ0n) is 14.0. The van der Waals surface area contributed by atoms with Gasteiger partial charge in [0.1, 0.15) is 11.9 Å². The van der Waals surface area contributed by atoms with Gasteiger partial charge >= 0.3 is 0 Å². The SMILES string of the molecule is CC[C@H](OC1CCCCC1)C(=O)NCc1nc(-c2ccco2)n[nH]1. The van der Waals surface area contributed by atoms with Crippen LogP contribution in [0.4, 0.5) is 0 Å². The number of furan rings is 1. The number of nitrogens with zero attached hydrogens (tertiary/aromatic N) is 2. The van der Waals surface area contributed by atoms with Gasteiger partial charge in [0.05, 0.1) is 18.9 Å². The predicted octanol–water partition coefficient (Wildman–Crippen LogP) is 2.81. The fourth-order valence-electron chi connectivity index (χ4n) is 2.95. The third-order valence-electron chi connectivity index (χ3n) is 4.28. The van der Waals surface area contributed by atoms with Crippen molar-refractivity contribution in [1.82, 2.24) is 20.5 Å². The largest absolute Gasteiger partial charge is 0.461 e. The van der Waals surface area contributed by atoms with E-state index in [1.165, 1.54) is 19.3 Å². The highest BCUT2D eigenvalue weighted by Gasteiger charge is 2.23. The molecule has 2 heterocycles. The van der Waals surface area contributed by atoms with Gasteiger partial charge in [-0.1, -0.05) is 26.2 Å². The summed E-state index contributed by atoms with van der Waals surface area (Å²) in [5.74, 6) is 1.56. The Labute approximate surface area is 141 Å². The van der Waals surface area contributed by atoms with Crippen LogP contribution in [0.1, 0.15) is 51.3 Å². The highest BCUT2D eigenvalue weighted by Crippen LogP contribution is 2.22. The van der Waals surface area contributed by atoms with Crippen molar-refractivity contribution in [1.29, 1.82) is 0 Å². The summed E-state index contributed by atoms with van der Waals surface area (Å²) in [5.41, 5.74) is 0. The molecular formula is C17H24N4O3. The highest BCUT2D eigenvalue weighted by atomic mass is 16.5. The number of amides is 1. The highest BCUT2D eigenvalue weighted by molar-refractivity contribution is 5.80. The molecule has 1 amide bonds. The van der Waals surface area contributed by atoms with E-state index < -0.39 is 6.10 Å². The number of hydrogen-bond donors (Lipinski definition) is 2. The second kappa shape index (κ2) is 8.10. The summed E-state index contributed by atoms with van der Waals surface area (Å²) in [7, 11) is 0. The Morgan fingerprint density at radius 1 is 1.46 bits per heavy atom. The summed E-state index contributed by atoms with van der Waals surface area (Å²) in [6.07, 6.45) is 7.80. The number of nitrogens with one attached hydrogen (secondary N) is 2. The van der Waals surface area contributed by atoms with Crippen LogP contribution in [0.25, 0.3) is 11.6 Å². The molecule has 2 aromatic heterocycles. The van der Waals surface area contributed by atoms with Crippen molar-refractivity contribution >= 4 is 5.91 Å². The van der Waals surface area contributed by atoms with E-state index in [2.05, 4.69) is 20.5 Å². The quantitative estimate of drug-likeness (QED) is 0.813. The molecule has 7 heteroatoms. The van der Waals surface area contributed by atoms with Crippen LogP contribution in [-0.4, -0.2) is 33.3 Å². The van der Waals surface area contributed by atoms with Crippen LogP contribution in [0.2, 0.25) is 0 Å². The van der Waals surface area contributed by atoms with Crippen LogP contribution in [0.3, 0.4) is 0 Å². The molecule has 130 valence electrons. The Bertz CT molecular complexity index is 632. The first-order valence-corrected chi connectivity index (χ1v) is 8.64. The van der Waals surface area contributed by atoms with Gasteiger partial charge in [0.15, 0.2) is 5.76 Å². The van der Waals surface area contributed by atoms with E-state index in [1.54, 1.807) is 18.4 Å². The Kier molecular flexibility index (Phi) is 5.63. The number of hydrogen-bond acceptors (Lipinski definition) is 5. The maximum atomic E-state index is 12.3. The van der Waals surface area contributed by atoms with E-state index in [0.29, 0.717) is 23.8 Å². The Balaban J connectivity index is 1.50. The Hall–Kier alpha value is -2.15. The molecule has 1 aliphatic rings. The number of carbonyl (C=O) groups is 1. The van der Waals surface area contributed by atoms with E-state index >= 15 is 0 Å². The van der Waals surface area contributed by atoms with Crippen molar-refractivity contribution in [3.8, 4) is 11.6 Å². The molecule has 0 aliphatic heterocycles. The average molecular weight is 332 g/mol. The van der Waals surface area contributed by atoms with Gasteiger partial charge in [0, 0.05) is 0 Å². The van der Waals surface area contributed by atoms with Gasteiger partial charge in [-0.3, -0.25) is 9.89 Å². The van der Waals surface area contributed by atoms with Crippen LogP contribution in [0.5, 0.6) is 0 Å². The molecule has 2 aromatic rings. The van der Waals surface area contributed by atoms with Crippen molar-refractivity contribution in [2.24, 2.45) is 0 Å². The van der Waals surface area contributed by atoms with Gasteiger partial charge < -0.3 is 14.5 Å². The van der Waals surface area contributed by atoms with Crippen molar-refractivity contribution in [2.45, 2.75) is 64.2 Å². The lowest BCUT2D eigenvalue weighted by molar-refractivity contribution is -0.138. The minimum Gasteiger partial charge on any atom is -0.461 e. The summed E-state index contributed by atoms with van der Waals surface area (Å²) in [6, 6.07) is 3.57. The molecule has 0 saturated heterocycles. The zero-order valence-corrected chi connectivity index (χ0v) is 14.0. The minimum atomic E-state index is -0.402. The number of carbonyl (C=O) groups excluding carboxylic acids is 1. The summed E-state index contributed by atoms with van der Waals surface area (Å²) < 4.78 is 11.2. The van der Waals surface area contributed by atoms with E-state index in [-0.39, 0.29) is 18.6 Å². The predicted molar refractivity (Wildman–Crippen MR) is 88.0 cm³/mol. The third kappa shape index (κ3) is 4.23. The molecular weight excluding hydrogens is 308 g/mol. The Morgan fingerprint density at radius 3 is 3.00 bits per heavy atom. The number of ether oxygens (including phenoxy) is 1. The summed E-state index contributed by atoms with van der Waals surface area (Å²) >= 11 is 0. The van der Waals surface area contributed by atoms with E-state index in [9.17, 15) is 4.79 Å². The molecule has 0 unspecified atom stereocenters. The standard InChI is InChI=1S/C17H24N4O3/c1-2-13(24-12-7-4-3-5-8-12)17(22)18-11-15-19-16(21-20-15)14-9-6-10-23-14/h6,9-10,12-13H,2-5,7-8,11H2,1H3,(H,18,22)(H,19,20,21)/t13-/m0/s1. The molecule has 0 spiro atoms. The molecule has 0 aromatic carbocycles. The first kappa shape index (κ1) is 16.7. The molecule has 1 aliphatic carbocycles. The van der Waals surface area contributed by atoms with Gasteiger partial charge in [-0.15, -0.1) is 5.10 Å². The molecule has 3 rings (SSSR count). The van der Waals surface area contributed by atoms with Crippen LogP contribution < -0.4 is 5.32 Å². The first-order valence-electron chi connectivity index (χ1n) is 8.64. The molecule has 7 nitrogen and oxygen atoms in total. The topological polar surface area (TPSA) is 93.0 Å². The first-order chi connectivity index (χ1) is 11.8. The van der Waals surface area contributed by atoms with Gasteiger partial charge in [-0.25, -0.2) is 4.98 Å². The lowest BCUT2D eigenvalue weighted by atomic mass is 9.97. The van der Waals surface area contributed by atoms with Crippen molar-refractivity contribution < 1.29 is 13.9 Å². The molecule has 1 saturated carbocycles.